The fraction of sp³-hybridized carbons (Fsp3) is 0.323. The van der Waals surface area contributed by atoms with Crippen molar-refractivity contribution in [3.05, 3.63) is 94.9 Å². The molecule has 0 unspecified atom stereocenters. The molecule has 2 aromatic heterocycles. The molecule has 1 N–H and O–H groups in total. The lowest BCUT2D eigenvalue weighted by Gasteiger charge is -2.32. The fourth-order valence-electron chi connectivity index (χ4n) is 5.63. The summed E-state index contributed by atoms with van der Waals surface area (Å²) in [4.78, 5) is 36.9. The van der Waals surface area contributed by atoms with E-state index in [0.29, 0.717) is 36.4 Å². The number of aromatic nitrogens is 2. The number of benzene rings is 2. The largest absolute Gasteiger partial charge is 0.416 e. The topological polar surface area (TPSA) is 73.2 Å². The SMILES string of the molecule is CN1CCN(Cc2cc(C(=O)Nc3ccc4c(c3)N(C(=O)Cc3cnc5ccccn35)CC4)cc(C(F)(F)F)c2)CC1. The van der Waals surface area contributed by atoms with E-state index in [1.807, 2.05) is 41.9 Å². The first kappa shape index (κ1) is 27.9. The van der Waals surface area contributed by atoms with Crippen LogP contribution in [0.1, 0.15) is 32.7 Å². The molecule has 42 heavy (non-hydrogen) atoms. The van der Waals surface area contributed by atoms with Crippen molar-refractivity contribution < 1.29 is 22.8 Å². The summed E-state index contributed by atoms with van der Waals surface area (Å²) in [6.45, 7) is 4.00. The number of fused-ring (bicyclic) bond motifs is 2. The average Bonchev–Trinajstić information content (AvgIpc) is 3.58. The van der Waals surface area contributed by atoms with Gasteiger partial charge < -0.3 is 19.5 Å². The molecule has 0 aliphatic carbocycles. The molecule has 11 heteroatoms. The van der Waals surface area contributed by atoms with Crippen molar-refractivity contribution >= 4 is 28.8 Å². The van der Waals surface area contributed by atoms with Crippen molar-refractivity contribution in [3.63, 3.8) is 0 Å². The molecule has 1 fully saturated rings. The average molecular weight is 577 g/mol. The van der Waals surface area contributed by atoms with Gasteiger partial charge in [-0.1, -0.05) is 12.1 Å². The minimum absolute atomic E-state index is 0.0602. The van der Waals surface area contributed by atoms with Gasteiger partial charge in [0.05, 0.1) is 17.7 Å². The van der Waals surface area contributed by atoms with E-state index < -0.39 is 17.6 Å². The number of carbonyl (C=O) groups excluding carboxylic acids is 2. The molecule has 2 aromatic carbocycles. The molecule has 6 rings (SSSR count). The summed E-state index contributed by atoms with van der Waals surface area (Å²) in [6, 6.07) is 14.4. The molecule has 2 aliphatic rings. The minimum Gasteiger partial charge on any atom is -0.322 e. The van der Waals surface area contributed by atoms with Crippen LogP contribution < -0.4 is 10.2 Å². The van der Waals surface area contributed by atoms with Crippen LogP contribution in [0, 0.1) is 0 Å². The number of hydrogen-bond acceptors (Lipinski definition) is 5. The highest BCUT2D eigenvalue weighted by molar-refractivity contribution is 6.05. The van der Waals surface area contributed by atoms with E-state index >= 15 is 0 Å². The number of carbonyl (C=O) groups is 2. The normalized spacial score (nSPS) is 16.1. The maximum absolute atomic E-state index is 13.8. The predicted octanol–water partition coefficient (Wildman–Crippen LogP) is 4.48. The van der Waals surface area contributed by atoms with Crippen molar-refractivity contribution in [2.75, 3.05) is 50.0 Å². The second-order valence-electron chi connectivity index (χ2n) is 10.9. The molecule has 8 nitrogen and oxygen atoms in total. The number of piperazine rings is 1. The number of nitrogens with zero attached hydrogens (tertiary/aromatic N) is 5. The molecular formula is C31H31F3N6O2. The molecule has 0 bridgehead atoms. The molecule has 218 valence electrons. The predicted molar refractivity (Wildman–Crippen MR) is 154 cm³/mol. The zero-order valence-electron chi connectivity index (χ0n) is 23.2. The van der Waals surface area contributed by atoms with E-state index in [9.17, 15) is 22.8 Å². The van der Waals surface area contributed by atoms with E-state index in [0.717, 1.165) is 55.2 Å². The van der Waals surface area contributed by atoms with Crippen LogP contribution in [0.15, 0.2) is 67.0 Å². The smallest absolute Gasteiger partial charge is 0.322 e. The second kappa shape index (κ2) is 11.2. The molecule has 0 saturated carbocycles. The third kappa shape index (κ3) is 5.88. The number of amides is 2. The van der Waals surface area contributed by atoms with Crippen molar-refractivity contribution in [3.8, 4) is 0 Å². The Kier molecular flexibility index (Phi) is 7.46. The van der Waals surface area contributed by atoms with Gasteiger partial charge in [-0.05, 0) is 67.1 Å². The number of nitrogens with one attached hydrogen (secondary N) is 1. The molecule has 0 radical (unpaired) electrons. The number of anilines is 2. The molecule has 2 amide bonds. The van der Waals surface area contributed by atoms with Crippen LogP contribution in [0.4, 0.5) is 24.5 Å². The Hall–Kier alpha value is -4.22. The third-order valence-electron chi connectivity index (χ3n) is 7.95. The maximum atomic E-state index is 13.8. The first-order valence-corrected chi connectivity index (χ1v) is 13.9. The monoisotopic (exact) mass is 576 g/mol. The highest BCUT2D eigenvalue weighted by Crippen LogP contribution is 2.33. The molecule has 1 saturated heterocycles. The van der Waals surface area contributed by atoms with Gasteiger partial charge in [-0.15, -0.1) is 0 Å². The number of likely N-dealkylation sites (N-methyl/N-ethyl adjacent to an activating group) is 1. The van der Waals surface area contributed by atoms with Gasteiger partial charge >= 0.3 is 6.18 Å². The van der Waals surface area contributed by atoms with E-state index in [4.69, 9.17) is 0 Å². The number of halogens is 3. The summed E-state index contributed by atoms with van der Waals surface area (Å²) in [6.07, 6.45) is -0.204. The highest BCUT2D eigenvalue weighted by Gasteiger charge is 2.32. The Morgan fingerprint density at radius 3 is 2.57 bits per heavy atom. The van der Waals surface area contributed by atoms with Crippen molar-refractivity contribution in [2.45, 2.75) is 25.6 Å². The van der Waals surface area contributed by atoms with E-state index in [1.54, 1.807) is 23.2 Å². The standard InChI is InChI=1S/C31H31F3N6O2/c1-37-10-12-38(13-11-37)20-21-14-23(16-24(15-21)31(32,33)34)30(42)36-25-6-5-22-7-9-40(27(22)17-25)29(41)18-26-19-35-28-4-2-3-8-39(26)28/h2-6,8,14-17,19H,7,9-13,18,20H2,1H3,(H,36,42). The summed E-state index contributed by atoms with van der Waals surface area (Å²) in [5.74, 6) is -0.739. The number of alkyl halides is 3. The van der Waals surface area contributed by atoms with E-state index in [2.05, 4.69) is 20.1 Å². The lowest BCUT2D eigenvalue weighted by molar-refractivity contribution is -0.137. The fourth-order valence-corrected chi connectivity index (χ4v) is 5.63. The first-order chi connectivity index (χ1) is 20.1. The Morgan fingerprint density at radius 2 is 1.79 bits per heavy atom. The summed E-state index contributed by atoms with van der Waals surface area (Å²) < 4.78 is 43.2. The lowest BCUT2D eigenvalue weighted by atomic mass is 10.0. The number of pyridine rings is 1. The Bertz CT molecular complexity index is 1640. The van der Waals surface area contributed by atoms with Gasteiger partial charge in [0.1, 0.15) is 5.65 Å². The van der Waals surface area contributed by atoms with Crippen LogP contribution in [0.5, 0.6) is 0 Å². The summed E-state index contributed by atoms with van der Waals surface area (Å²) in [7, 11) is 2.01. The Morgan fingerprint density at radius 1 is 0.976 bits per heavy atom. The van der Waals surface area contributed by atoms with Gasteiger partial charge in [-0.3, -0.25) is 14.5 Å². The second-order valence-corrected chi connectivity index (χ2v) is 10.9. The summed E-state index contributed by atoms with van der Waals surface area (Å²) >= 11 is 0. The molecule has 0 spiro atoms. The van der Waals surface area contributed by atoms with E-state index in [1.165, 1.54) is 6.07 Å². The lowest BCUT2D eigenvalue weighted by Crippen LogP contribution is -2.43. The van der Waals surface area contributed by atoms with Crippen molar-refractivity contribution in [1.29, 1.82) is 0 Å². The zero-order chi connectivity index (χ0) is 29.4. The first-order valence-electron chi connectivity index (χ1n) is 13.9. The van der Waals surface area contributed by atoms with Gasteiger partial charge in [-0.25, -0.2) is 4.98 Å². The van der Waals surface area contributed by atoms with Crippen LogP contribution >= 0.6 is 0 Å². The maximum Gasteiger partial charge on any atom is 0.416 e. The van der Waals surface area contributed by atoms with Gasteiger partial charge in [0.25, 0.3) is 5.91 Å². The van der Waals surface area contributed by atoms with Gasteiger partial charge in [0.15, 0.2) is 0 Å². The van der Waals surface area contributed by atoms with Crippen LogP contribution in [0.3, 0.4) is 0 Å². The van der Waals surface area contributed by atoms with Crippen LogP contribution in [0.25, 0.3) is 5.65 Å². The molecule has 4 heterocycles. The minimum atomic E-state index is -4.58. The number of imidazole rings is 1. The number of rotatable bonds is 6. The van der Waals surface area contributed by atoms with E-state index in [-0.39, 0.29) is 17.9 Å². The van der Waals surface area contributed by atoms with Crippen LogP contribution in [-0.4, -0.2) is 70.8 Å². The van der Waals surface area contributed by atoms with Gasteiger partial charge in [-0.2, -0.15) is 13.2 Å². The molecular weight excluding hydrogens is 545 g/mol. The quantitative estimate of drug-likeness (QED) is 0.367. The zero-order valence-corrected chi connectivity index (χ0v) is 23.2. The summed E-state index contributed by atoms with van der Waals surface area (Å²) in [5.41, 5.74) is 3.12. The third-order valence-corrected chi connectivity index (χ3v) is 7.95. The van der Waals surface area contributed by atoms with Gasteiger partial charge in [0.2, 0.25) is 5.91 Å². The Labute approximate surface area is 241 Å². The van der Waals surface area contributed by atoms with Crippen molar-refractivity contribution in [1.82, 2.24) is 19.2 Å². The molecule has 0 atom stereocenters. The molecule has 4 aromatic rings. The highest BCUT2D eigenvalue weighted by atomic mass is 19.4. The van der Waals surface area contributed by atoms with Crippen LogP contribution in [0.2, 0.25) is 0 Å². The van der Waals surface area contributed by atoms with Crippen molar-refractivity contribution in [2.24, 2.45) is 0 Å². The number of hydrogen-bond donors (Lipinski definition) is 1. The molecule has 2 aliphatic heterocycles. The van der Waals surface area contributed by atoms with Gasteiger partial charge in [0, 0.05) is 68.6 Å². The summed E-state index contributed by atoms with van der Waals surface area (Å²) in [5, 5.41) is 2.75. The van der Waals surface area contributed by atoms with Crippen LogP contribution in [-0.2, 0) is 30.4 Å². The Balaban J connectivity index is 1.20.